The van der Waals surface area contributed by atoms with E-state index in [9.17, 15) is 0 Å². The van der Waals surface area contributed by atoms with E-state index in [0.29, 0.717) is 0 Å². The number of hydrogen-bond acceptors (Lipinski definition) is 4. The van der Waals surface area contributed by atoms with Gasteiger partial charge in [0, 0.05) is 29.5 Å². The van der Waals surface area contributed by atoms with Crippen molar-refractivity contribution >= 4 is 0 Å². The Balaban J connectivity index is 2.06. The van der Waals surface area contributed by atoms with Crippen molar-refractivity contribution < 1.29 is 14.2 Å². The van der Waals surface area contributed by atoms with Crippen LogP contribution in [0.1, 0.15) is 43.4 Å². The summed E-state index contributed by atoms with van der Waals surface area (Å²) in [7, 11) is 1.72. The molecule has 0 bridgehead atoms. The van der Waals surface area contributed by atoms with Gasteiger partial charge in [0.05, 0.1) is 7.11 Å². The summed E-state index contributed by atoms with van der Waals surface area (Å²) in [5.41, 5.74) is 9.42. The third kappa shape index (κ3) is 2.46. The summed E-state index contributed by atoms with van der Waals surface area (Å²) in [6.45, 7) is 4.96. The van der Waals surface area contributed by atoms with Crippen molar-refractivity contribution in [1.82, 2.24) is 0 Å². The molecule has 2 unspecified atom stereocenters. The van der Waals surface area contributed by atoms with Gasteiger partial charge in [-0.2, -0.15) is 0 Å². The number of unbranched alkanes of at least 4 members (excludes halogenated alkanes) is 1. The van der Waals surface area contributed by atoms with Crippen molar-refractivity contribution in [3.05, 3.63) is 16.7 Å². The van der Waals surface area contributed by atoms with Crippen LogP contribution < -0.4 is 19.9 Å². The Morgan fingerprint density at radius 3 is 2.38 bits per heavy atom. The summed E-state index contributed by atoms with van der Waals surface area (Å²) < 4.78 is 17.8. The lowest BCUT2D eigenvalue weighted by atomic mass is 9.93. The first-order chi connectivity index (χ1) is 10.2. The Labute approximate surface area is 126 Å². The maximum atomic E-state index is 6.10. The molecule has 0 saturated carbocycles. The molecule has 1 aromatic carbocycles. The van der Waals surface area contributed by atoms with Crippen LogP contribution in [0.3, 0.4) is 0 Å². The van der Waals surface area contributed by atoms with Gasteiger partial charge in [-0.3, -0.25) is 0 Å². The largest absolute Gasteiger partial charge is 0.492 e. The van der Waals surface area contributed by atoms with E-state index in [2.05, 4.69) is 13.8 Å². The Morgan fingerprint density at radius 2 is 1.71 bits per heavy atom. The highest BCUT2D eigenvalue weighted by Crippen LogP contribution is 2.51. The highest BCUT2D eigenvalue weighted by molar-refractivity contribution is 5.66. The van der Waals surface area contributed by atoms with Crippen molar-refractivity contribution in [1.29, 1.82) is 0 Å². The van der Waals surface area contributed by atoms with Crippen molar-refractivity contribution in [2.75, 3.05) is 13.7 Å². The first kappa shape index (κ1) is 14.5. The van der Waals surface area contributed by atoms with E-state index in [-0.39, 0.29) is 12.2 Å². The summed E-state index contributed by atoms with van der Waals surface area (Å²) in [6.07, 6.45) is 5.40. The SMILES string of the molecule is COc1c2c(c(CCCCN)c3c1OC(C)C3)OC(C)C2. The van der Waals surface area contributed by atoms with E-state index in [1.54, 1.807) is 7.11 Å². The van der Waals surface area contributed by atoms with Gasteiger partial charge in [0.1, 0.15) is 18.0 Å². The van der Waals surface area contributed by atoms with Crippen LogP contribution in [0.25, 0.3) is 0 Å². The van der Waals surface area contributed by atoms with Crippen molar-refractivity contribution in [3.63, 3.8) is 0 Å². The van der Waals surface area contributed by atoms with E-state index in [1.165, 1.54) is 16.7 Å². The molecule has 1 aromatic rings. The van der Waals surface area contributed by atoms with E-state index in [0.717, 1.165) is 55.9 Å². The summed E-state index contributed by atoms with van der Waals surface area (Å²) >= 11 is 0. The molecule has 0 aliphatic carbocycles. The smallest absolute Gasteiger partial charge is 0.168 e. The second-order valence-electron chi connectivity index (χ2n) is 6.14. The van der Waals surface area contributed by atoms with Crippen LogP contribution in [0.5, 0.6) is 17.2 Å². The molecule has 0 aromatic heterocycles. The average molecular weight is 291 g/mol. The topological polar surface area (TPSA) is 53.7 Å². The van der Waals surface area contributed by atoms with Crippen molar-refractivity contribution in [2.24, 2.45) is 5.73 Å². The molecule has 4 heteroatoms. The number of nitrogens with two attached hydrogens (primary N) is 1. The maximum Gasteiger partial charge on any atom is 0.168 e. The van der Waals surface area contributed by atoms with Crippen LogP contribution in [-0.4, -0.2) is 25.9 Å². The molecule has 3 rings (SSSR count). The lowest BCUT2D eigenvalue weighted by Crippen LogP contribution is -2.08. The summed E-state index contributed by atoms with van der Waals surface area (Å²) in [5, 5.41) is 0. The molecule has 2 aliphatic heterocycles. The van der Waals surface area contributed by atoms with E-state index in [1.807, 2.05) is 0 Å². The highest BCUT2D eigenvalue weighted by atomic mass is 16.5. The van der Waals surface area contributed by atoms with Gasteiger partial charge in [0.2, 0.25) is 0 Å². The molecule has 2 atom stereocenters. The standard InChI is InChI=1S/C17H25NO3/c1-10-8-13-12(6-4-5-7-18)15-14(9-11(2)20-15)16(19-3)17(13)21-10/h10-11H,4-9,18H2,1-3H3. The first-order valence-electron chi connectivity index (χ1n) is 7.93. The van der Waals surface area contributed by atoms with Gasteiger partial charge in [-0.05, 0) is 39.7 Å². The second-order valence-corrected chi connectivity index (χ2v) is 6.14. The Hall–Kier alpha value is -1.42. The Kier molecular flexibility index (Phi) is 3.98. The number of ether oxygens (including phenoxy) is 3. The normalized spacial score (nSPS) is 22.5. The average Bonchev–Trinajstić information content (AvgIpc) is 3.00. The monoisotopic (exact) mass is 291 g/mol. The zero-order chi connectivity index (χ0) is 15.0. The van der Waals surface area contributed by atoms with E-state index < -0.39 is 0 Å². The molecule has 116 valence electrons. The third-order valence-corrected chi connectivity index (χ3v) is 4.37. The molecule has 2 aliphatic rings. The Bertz CT molecular complexity index is 502. The lowest BCUT2D eigenvalue weighted by Gasteiger charge is -2.16. The molecule has 0 radical (unpaired) electrons. The van der Waals surface area contributed by atoms with Gasteiger partial charge in [-0.1, -0.05) is 0 Å². The maximum absolute atomic E-state index is 6.10. The van der Waals surface area contributed by atoms with Gasteiger partial charge in [0.25, 0.3) is 0 Å². The quantitative estimate of drug-likeness (QED) is 0.847. The molecule has 21 heavy (non-hydrogen) atoms. The summed E-state index contributed by atoms with van der Waals surface area (Å²) in [4.78, 5) is 0. The fraction of sp³-hybridized carbons (Fsp3) is 0.647. The zero-order valence-corrected chi connectivity index (χ0v) is 13.2. The fourth-order valence-electron chi connectivity index (χ4n) is 3.49. The second kappa shape index (κ2) is 5.76. The molecular weight excluding hydrogens is 266 g/mol. The van der Waals surface area contributed by atoms with Crippen LogP contribution >= 0.6 is 0 Å². The predicted molar refractivity (Wildman–Crippen MR) is 82.6 cm³/mol. The van der Waals surface area contributed by atoms with Gasteiger partial charge >= 0.3 is 0 Å². The number of fused-ring (bicyclic) bond motifs is 2. The lowest BCUT2D eigenvalue weighted by molar-refractivity contribution is 0.242. The molecule has 0 spiro atoms. The Morgan fingerprint density at radius 1 is 1.05 bits per heavy atom. The molecule has 2 heterocycles. The minimum absolute atomic E-state index is 0.210. The molecule has 2 N–H and O–H groups in total. The minimum atomic E-state index is 0.210. The van der Waals surface area contributed by atoms with Crippen LogP contribution in [0.15, 0.2) is 0 Å². The molecule has 0 amide bonds. The molecule has 4 nitrogen and oxygen atoms in total. The zero-order valence-electron chi connectivity index (χ0n) is 13.2. The third-order valence-electron chi connectivity index (χ3n) is 4.37. The molecular formula is C17H25NO3. The van der Waals surface area contributed by atoms with Crippen LogP contribution in [-0.2, 0) is 19.3 Å². The number of methoxy groups -OCH3 is 1. The predicted octanol–water partition coefficient (Wildman–Crippen LogP) is 2.62. The van der Waals surface area contributed by atoms with E-state index >= 15 is 0 Å². The number of rotatable bonds is 5. The van der Waals surface area contributed by atoms with Crippen molar-refractivity contribution in [2.45, 2.75) is 58.2 Å². The van der Waals surface area contributed by atoms with Gasteiger partial charge in [0.15, 0.2) is 11.5 Å². The number of benzene rings is 1. The highest BCUT2D eigenvalue weighted by Gasteiger charge is 2.35. The van der Waals surface area contributed by atoms with E-state index in [4.69, 9.17) is 19.9 Å². The first-order valence-corrected chi connectivity index (χ1v) is 7.93. The minimum Gasteiger partial charge on any atom is -0.492 e. The molecule has 0 fully saturated rings. The van der Waals surface area contributed by atoms with Crippen LogP contribution in [0, 0.1) is 0 Å². The van der Waals surface area contributed by atoms with Gasteiger partial charge in [-0.15, -0.1) is 0 Å². The van der Waals surface area contributed by atoms with Gasteiger partial charge in [-0.25, -0.2) is 0 Å². The summed E-state index contributed by atoms with van der Waals surface area (Å²) in [5.74, 6) is 2.88. The van der Waals surface area contributed by atoms with Crippen LogP contribution in [0.4, 0.5) is 0 Å². The number of hydrogen-bond donors (Lipinski definition) is 1. The van der Waals surface area contributed by atoms with Gasteiger partial charge < -0.3 is 19.9 Å². The fourth-order valence-corrected chi connectivity index (χ4v) is 3.49. The van der Waals surface area contributed by atoms with Crippen molar-refractivity contribution in [3.8, 4) is 17.2 Å². The summed E-state index contributed by atoms with van der Waals surface area (Å²) in [6, 6.07) is 0. The molecule has 0 saturated heterocycles. The van der Waals surface area contributed by atoms with Crippen LogP contribution in [0.2, 0.25) is 0 Å².